The van der Waals surface area contributed by atoms with E-state index in [9.17, 15) is 19.5 Å². The molecule has 2 atom stereocenters. The number of likely N-dealkylation sites (N-methyl/N-ethyl adjacent to an activating group) is 1. The van der Waals surface area contributed by atoms with Crippen LogP contribution in [0, 0.1) is 0 Å². The first-order valence-corrected chi connectivity index (χ1v) is 27.0. The van der Waals surface area contributed by atoms with E-state index < -0.39 is 18.1 Å². The van der Waals surface area contributed by atoms with E-state index >= 15 is 0 Å². The number of nitrogens with zero attached hydrogens (tertiary/aromatic N) is 1. The number of hydrogen-bond donors (Lipinski definition) is 0. The van der Waals surface area contributed by atoms with Crippen LogP contribution >= 0.6 is 0 Å². The third kappa shape index (κ3) is 44.7. The molecule has 374 valence electrons. The van der Waals surface area contributed by atoms with Crippen LogP contribution in [0.4, 0.5) is 0 Å². The lowest BCUT2D eigenvalue weighted by atomic mass is 10.1. The Balaban J connectivity index is 4.21. The van der Waals surface area contributed by atoms with E-state index in [0.29, 0.717) is 12.8 Å². The summed E-state index contributed by atoms with van der Waals surface area (Å²) in [6.07, 6.45) is 56.0. The maximum atomic E-state index is 12.8. The molecule has 0 N–H and O–H groups in total. The Bertz CT molecular complexity index is 1140. The van der Waals surface area contributed by atoms with Crippen LogP contribution in [0.5, 0.6) is 0 Å². The number of carbonyl (C=O) groups is 3. The Morgan fingerprint density at radius 1 is 0.469 bits per heavy atom. The lowest BCUT2D eigenvalue weighted by molar-refractivity contribution is -0.889. The van der Waals surface area contributed by atoms with Crippen molar-refractivity contribution in [3.8, 4) is 0 Å². The van der Waals surface area contributed by atoms with Gasteiger partial charge in [0.25, 0.3) is 0 Å². The summed E-state index contributed by atoms with van der Waals surface area (Å²) in [6, 6.07) is -0.727. The lowest BCUT2D eigenvalue weighted by Gasteiger charge is -2.34. The van der Waals surface area contributed by atoms with Gasteiger partial charge in [0.2, 0.25) is 0 Å². The van der Waals surface area contributed by atoms with Crippen molar-refractivity contribution in [1.29, 1.82) is 0 Å². The fourth-order valence-corrected chi connectivity index (χ4v) is 8.06. The van der Waals surface area contributed by atoms with Crippen LogP contribution in [0.15, 0.2) is 36.5 Å². The number of ether oxygens (including phenoxy) is 3. The largest absolute Gasteiger partial charge is 0.544 e. The first kappa shape index (κ1) is 61.5. The number of unbranched alkanes of at least 4 members (excludes halogenated alkanes) is 30. The minimum absolute atomic E-state index is 0.0400. The van der Waals surface area contributed by atoms with Crippen LogP contribution in [0.2, 0.25) is 0 Å². The second-order valence-corrected chi connectivity index (χ2v) is 19.5. The number of rotatable bonds is 49. The minimum atomic E-state index is -1.12. The van der Waals surface area contributed by atoms with Crippen LogP contribution < -0.4 is 5.11 Å². The molecule has 0 rings (SSSR count). The third-order valence-corrected chi connectivity index (χ3v) is 12.3. The van der Waals surface area contributed by atoms with E-state index in [2.05, 4.69) is 50.3 Å². The second-order valence-electron chi connectivity index (χ2n) is 19.5. The molecule has 0 aromatic carbocycles. The van der Waals surface area contributed by atoms with Gasteiger partial charge in [-0.15, -0.1) is 0 Å². The number of esters is 2. The summed E-state index contributed by atoms with van der Waals surface area (Å²) in [5, 5.41) is 11.7. The summed E-state index contributed by atoms with van der Waals surface area (Å²) in [5.41, 5.74) is 0. The van der Waals surface area contributed by atoms with Gasteiger partial charge in [-0.2, -0.15) is 0 Å². The summed E-state index contributed by atoms with van der Waals surface area (Å²) in [5.74, 6) is -1.73. The molecule has 0 amide bonds. The predicted octanol–water partition coefficient (Wildman–Crippen LogP) is 14.4. The van der Waals surface area contributed by atoms with Gasteiger partial charge in [-0.25, -0.2) is 0 Å². The molecular formula is C56H103NO7. The molecule has 0 aliphatic carbocycles. The van der Waals surface area contributed by atoms with Crippen molar-refractivity contribution in [1.82, 2.24) is 0 Å². The van der Waals surface area contributed by atoms with E-state index in [0.717, 1.165) is 38.5 Å². The monoisotopic (exact) mass is 902 g/mol. The van der Waals surface area contributed by atoms with Crippen LogP contribution in [-0.4, -0.2) is 75.5 Å². The summed E-state index contributed by atoms with van der Waals surface area (Å²) in [4.78, 5) is 37.1. The third-order valence-electron chi connectivity index (χ3n) is 12.3. The number of carboxylic acids is 1. The number of hydrogen-bond acceptors (Lipinski definition) is 7. The highest BCUT2D eigenvalue weighted by Crippen LogP contribution is 2.16. The average molecular weight is 902 g/mol. The molecule has 0 aromatic heterocycles. The van der Waals surface area contributed by atoms with Crippen molar-refractivity contribution >= 4 is 17.9 Å². The van der Waals surface area contributed by atoms with Gasteiger partial charge >= 0.3 is 11.9 Å². The molecule has 64 heavy (non-hydrogen) atoms. The van der Waals surface area contributed by atoms with Crippen molar-refractivity contribution in [3.63, 3.8) is 0 Å². The van der Waals surface area contributed by atoms with E-state index in [4.69, 9.17) is 14.2 Å². The Hall–Kier alpha value is -2.45. The van der Waals surface area contributed by atoms with Crippen molar-refractivity contribution in [3.05, 3.63) is 36.5 Å². The second kappa shape index (κ2) is 47.1. The molecule has 0 spiro atoms. The SMILES string of the molecule is CCCCCC/C=C/C=C/CCCCCCCCCCCCC(=O)OCC(COCCC(C(=O)[O-])[N+](C)(C)C)OC(=O)CCCCCCCCC/C=C/CCCCCCCCCCC. The standard InChI is InChI=1S/C56H103NO7/c1-6-8-10-12-14-16-18-20-22-24-26-28-30-32-34-36-38-40-42-44-46-54(58)63-51-52(50-62-49-48-53(56(60)61)57(3,4)5)64-55(59)47-45-43-41-39-37-35-33-31-29-27-25-23-21-19-17-15-13-11-9-7-2/h16,18,20,22,27,29,52-53H,6-15,17,19,21,23-26,28,30-51H2,1-5H3/b18-16+,22-20+,29-27+. The number of allylic oxidation sites excluding steroid dienone is 6. The van der Waals surface area contributed by atoms with Gasteiger partial charge in [0, 0.05) is 19.3 Å². The van der Waals surface area contributed by atoms with E-state index in [1.807, 2.05) is 21.1 Å². The van der Waals surface area contributed by atoms with E-state index in [1.54, 1.807) is 0 Å². The average Bonchev–Trinajstić information content (AvgIpc) is 3.26. The van der Waals surface area contributed by atoms with Gasteiger partial charge in [0.15, 0.2) is 6.10 Å². The highest BCUT2D eigenvalue weighted by atomic mass is 16.6. The van der Waals surface area contributed by atoms with Gasteiger partial charge in [-0.3, -0.25) is 9.59 Å². The van der Waals surface area contributed by atoms with Gasteiger partial charge in [0.1, 0.15) is 12.6 Å². The molecule has 0 radical (unpaired) electrons. The predicted molar refractivity (Wildman–Crippen MR) is 268 cm³/mol. The number of quaternary nitrogens is 1. The minimum Gasteiger partial charge on any atom is -0.544 e. The fraction of sp³-hybridized carbons (Fsp3) is 0.839. The molecule has 8 heteroatoms. The normalized spacial score (nSPS) is 13.1. The van der Waals surface area contributed by atoms with Crippen LogP contribution in [-0.2, 0) is 28.6 Å². The molecular weight excluding hydrogens is 799 g/mol. The molecule has 0 aliphatic rings. The Labute approximate surface area is 395 Å². The van der Waals surface area contributed by atoms with Crippen molar-refractivity contribution in [2.45, 2.75) is 264 Å². The molecule has 0 fully saturated rings. The fourth-order valence-electron chi connectivity index (χ4n) is 8.06. The summed E-state index contributed by atoms with van der Waals surface area (Å²) >= 11 is 0. The zero-order valence-electron chi connectivity index (χ0n) is 42.7. The molecule has 0 aromatic rings. The van der Waals surface area contributed by atoms with Gasteiger partial charge in [0.05, 0.1) is 40.3 Å². The number of carboxylic acid groups (broad SMARTS) is 1. The topological polar surface area (TPSA) is 102 Å². The Morgan fingerprint density at radius 3 is 1.23 bits per heavy atom. The van der Waals surface area contributed by atoms with E-state index in [1.165, 1.54) is 180 Å². The van der Waals surface area contributed by atoms with Crippen LogP contribution in [0.25, 0.3) is 0 Å². The molecule has 0 heterocycles. The van der Waals surface area contributed by atoms with Gasteiger partial charge < -0.3 is 28.6 Å². The van der Waals surface area contributed by atoms with Crippen LogP contribution in [0.1, 0.15) is 251 Å². The van der Waals surface area contributed by atoms with Crippen molar-refractivity contribution in [2.75, 3.05) is 41.0 Å². The first-order valence-electron chi connectivity index (χ1n) is 27.0. The molecule has 0 bridgehead atoms. The quantitative estimate of drug-likeness (QED) is 0.0197. The maximum absolute atomic E-state index is 12.8. The maximum Gasteiger partial charge on any atom is 0.306 e. The van der Waals surface area contributed by atoms with Gasteiger partial charge in [-0.1, -0.05) is 204 Å². The number of aliphatic carboxylic acids is 1. The Morgan fingerprint density at radius 2 is 0.828 bits per heavy atom. The lowest BCUT2D eigenvalue weighted by Crippen LogP contribution is -2.55. The number of carbonyl (C=O) groups excluding carboxylic acids is 3. The Kier molecular flexibility index (Phi) is 45.3. The molecule has 0 aliphatic heterocycles. The molecule has 0 saturated carbocycles. The first-order chi connectivity index (χ1) is 31.1. The van der Waals surface area contributed by atoms with Crippen LogP contribution in [0.3, 0.4) is 0 Å². The highest BCUT2D eigenvalue weighted by Gasteiger charge is 2.25. The zero-order chi connectivity index (χ0) is 47.0. The van der Waals surface area contributed by atoms with Crippen molar-refractivity contribution < 1.29 is 38.2 Å². The van der Waals surface area contributed by atoms with Crippen molar-refractivity contribution in [2.24, 2.45) is 0 Å². The molecule has 2 unspecified atom stereocenters. The summed E-state index contributed by atoms with van der Waals surface area (Å²) in [7, 11) is 5.42. The summed E-state index contributed by atoms with van der Waals surface area (Å²) in [6.45, 7) is 4.67. The highest BCUT2D eigenvalue weighted by molar-refractivity contribution is 5.70. The summed E-state index contributed by atoms with van der Waals surface area (Å²) < 4.78 is 17.3. The van der Waals surface area contributed by atoms with Gasteiger partial charge in [-0.05, 0) is 64.2 Å². The smallest absolute Gasteiger partial charge is 0.306 e. The van der Waals surface area contributed by atoms with E-state index in [-0.39, 0.29) is 42.7 Å². The molecule has 8 nitrogen and oxygen atoms in total. The molecule has 0 saturated heterocycles. The zero-order valence-corrected chi connectivity index (χ0v) is 42.7.